The molecule has 2 aromatic heterocycles. The minimum Gasteiger partial charge on any atom is -0.348 e. The second-order valence-electron chi connectivity index (χ2n) is 5.99. The van der Waals surface area contributed by atoms with E-state index in [0.717, 1.165) is 30.3 Å². The van der Waals surface area contributed by atoms with Crippen LogP contribution in [0.5, 0.6) is 0 Å². The molecule has 112 valence electrons. The van der Waals surface area contributed by atoms with Gasteiger partial charge in [0.1, 0.15) is 11.6 Å². The van der Waals surface area contributed by atoms with Crippen LogP contribution in [0.15, 0.2) is 24.8 Å². The van der Waals surface area contributed by atoms with E-state index in [1.54, 1.807) is 6.20 Å². The molecule has 1 saturated carbocycles. The lowest BCUT2D eigenvalue weighted by Crippen LogP contribution is -2.18. The van der Waals surface area contributed by atoms with E-state index in [9.17, 15) is 0 Å². The summed E-state index contributed by atoms with van der Waals surface area (Å²) in [5.74, 6) is 2.60. The molecule has 0 amide bonds. The predicted molar refractivity (Wildman–Crippen MR) is 81.6 cm³/mol. The van der Waals surface area contributed by atoms with Gasteiger partial charge in [0, 0.05) is 42.8 Å². The Hall–Kier alpha value is -1.75. The second-order valence-corrected chi connectivity index (χ2v) is 5.99. The van der Waals surface area contributed by atoms with Crippen LogP contribution in [-0.4, -0.2) is 31.9 Å². The Kier molecular flexibility index (Phi) is 4.60. The fourth-order valence-electron chi connectivity index (χ4n) is 3.03. The van der Waals surface area contributed by atoms with Crippen molar-refractivity contribution in [2.24, 2.45) is 0 Å². The standard InChI is InChI=1S/C16H23N5/c1-21(12-15-17-7-8-18-15)11-13-9-19-16(20-10-13)14-5-3-2-4-6-14/h7-10,14H,2-6,11-12H2,1H3,(H,17,18). The number of aromatic amines is 1. The molecular formula is C16H23N5. The number of nitrogens with zero attached hydrogens (tertiary/aromatic N) is 4. The smallest absolute Gasteiger partial charge is 0.131 e. The van der Waals surface area contributed by atoms with E-state index in [-0.39, 0.29) is 0 Å². The van der Waals surface area contributed by atoms with E-state index in [1.165, 1.54) is 32.1 Å². The molecule has 2 heterocycles. The topological polar surface area (TPSA) is 57.7 Å². The first-order valence-corrected chi connectivity index (χ1v) is 7.79. The van der Waals surface area contributed by atoms with Gasteiger partial charge in [-0.25, -0.2) is 15.0 Å². The first-order valence-electron chi connectivity index (χ1n) is 7.79. The summed E-state index contributed by atoms with van der Waals surface area (Å²) in [6.07, 6.45) is 14.1. The van der Waals surface area contributed by atoms with Gasteiger partial charge in [0.15, 0.2) is 0 Å². The maximum Gasteiger partial charge on any atom is 0.131 e. The molecule has 0 aliphatic heterocycles. The molecule has 0 atom stereocenters. The van der Waals surface area contributed by atoms with Crippen molar-refractivity contribution in [2.45, 2.75) is 51.1 Å². The SMILES string of the molecule is CN(Cc1cnc(C2CCCCC2)nc1)Cc1ncc[nH]1. The maximum absolute atomic E-state index is 4.59. The molecule has 0 saturated heterocycles. The van der Waals surface area contributed by atoms with E-state index in [2.05, 4.69) is 31.9 Å². The van der Waals surface area contributed by atoms with E-state index < -0.39 is 0 Å². The Morgan fingerprint density at radius 3 is 2.52 bits per heavy atom. The van der Waals surface area contributed by atoms with Gasteiger partial charge in [0.2, 0.25) is 0 Å². The Morgan fingerprint density at radius 1 is 1.10 bits per heavy atom. The quantitative estimate of drug-likeness (QED) is 0.917. The number of imidazole rings is 1. The lowest BCUT2D eigenvalue weighted by Gasteiger charge is -2.20. The minimum atomic E-state index is 0.577. The minimum absolute atomic E-state index is 0.577. The van der Waals surface area contributed by atoms with Gasteiger partial charge in [0.05, 0.1) is 6.54 Å². The summed E-state index contributed by atoms with van der Waals surface area (Å²) in [4.78, 5) is 18.8. The normalized spacial score (nSPS) is 16.5. The predicted octanol–water partition coefficient (Wildman–Crippen LogP) is 2.88. The molecule has 3 rings (SSSR count). The summed E-state index contributed by atoms with van der Waals surface area (Å²) in [5, 5.41) is 0. The highest BCUT2D eigenvalue weighted by Gasteiger charge is 2.17. The number of H-pyrrole nitrogens is 1. The van der Waals surface area contributed by atoms with Gasteiger partial charge in [-0.15, -0.1) is 0 Å². The van der Waals surface area contributed by atoms with Crippen LogP contribution in [0.2, 0.25) is 0 Å². The third-order valence-corrected chi connectivity index (χ3v) is 4.12. The van der Waals surface area contributed by atoms with Gasteiger partial charge < -0.3 is 4.98 Å². The zero-order chi connectivity index (χ0) is 14.5. The van der Waals surface area contributed by atoms with Crippen LogP contribution in [0, 0.1) is 0 Å². The van der Waals surface area contributed by atoms with Gasteiger partial charge in [0.25, 0.3) is 0 Å². The molecule has 5 nitrogen and oxygen atoms in total. The zero-order valence-corrected chi connectivity index (χ0v) is 12.6. The van der Waals surface area contributed by atoms with E-state index in [0.29, 0.717) is 5.92 Å². The molecule has 0 unspecified atom stereocenters. The van der Waals surface area contributed by atoms with Crippen LogP contribution in [0.3, 0.4) is 0 Å². The summed E-state index contributed by atoms with van der Waals surface area (Å²) in [6.45, 7) is 1.64. The van der Waals surface area contributed by atoms with Crippen molar-refractivity contribution in [1.29, 1.82) is 0 Å². The summed E-state index contributed by atoms with van der Waals surface area (Å²) < 4.78 is 0. The average molecular weight is 285 g/mol. The summed E-state index contributed by atoms with van der Waals surface area (Å²) in [5.41, 5.74) is 1.16. The van der Waals surface area contributed by atoms with Crippen LogP contribution in [0.1, 0.15) is 55.2 Å². The van der Waals surface area contributed by atoms with E-state index >= 15 is 0 Å². The number of aromatic nitrogens is 4. The van der Waals surface area contributed by atoms with Gasteiger partial charge in [-0.2, -0.15) is 0 Å². The molecule has 0 spiro atoms. The van der Waals surface area contributed by atoms with Crippen molar-refractivity contribution in [3.8, 4) is 0 Å². The lowest BCUT2D eigenvalue weighted by molar-refractivity contribution is 0.310. The van der Waals surface area contributed by atoms with Gasteiger partial charge in [-0.1, -0.05) is 19.3 Å². The highest BCUT2D eigenvalue weighted by molar-refractivity contribution is 5.08. The van der Waals surface area contributed by atoms with Crippen LogP contribution in [-0.2, 0) is 13.1 Å². The number of nitrogens with one attached hydrogen (secondary N) is 1. The molecule has 1 aliphatic carbocycles. The third kappa shape index (κ3) is 3.88. The Morgan fingerprint density at radius 2 is 1.86 bits per heavy atom. The molecule has 1 N–H and O–H groups in total. The maximum atomic E-state index is 4.59. The lowest BCUT2D eigenvalue weighted by atomic mass is 9.89. The van der Waals surface area contributed by atoms with Crippen LogP contribution in [0.4, 0.5) is 0 Å². The van der Waals surface area contributed by atoms with Gasteiger partial charge >= 0.3 is 0 Å². The van der Waals surface area contributed by atoms with Crippen molar-refractivity contribution >= 4 is 0 Å². The Labute approximate surface area is 125 Å². The molecule has 0 bridgehead atoms. The third-order valence-electron chi connectivity index (χ3n) is 4.12. The molecule has 0 aromatic carbocycles. The highest BCUT2D eigenvalue weighted by Crippen LogP contribution is 2.30. The molecule has 0 radical (unpaired) electrons. The highest BCUT2D eigenvalue weighted by atomic mass is 15.1. The fourth-order valence-corrected chi connectivity index (χ4v) is 3.03. The Bertz CT molecular complexity index is 528. The van der Waals surface area contributed by atoms with Gasteiger partial charge in [-0.3, -0.25) is 4.90 Å². The van der Waals surface area contributed by atoms with Crippen molar-refractivity contribution < 1.29 is 0 Å². The monoisotopic (exact) mass is 285 g/mol. The first-order chi connectivity index (χ1) is 10.3. The van der Waals surface area contributed by atoms with Crippen LogP contribution >= 0.6 is 0 Å². The van der Waals surface area contributed by atoms with E-state index in [1.807, 2.05) is 18.6 Å². The summed E-state index contributed by atoms with van der Waals surface area (Å²) >= 11 is 0. The van der Waals surface area contributed by atoms with Crippen LogP contribution in [0.25, 0.3) is 0 Å². The molecule has 1 fully saturated rings. The fraction of sp³-hybridized carbons (Fsp3) is 0.562. The van der Waals surface area contributed by atoms with Crippen molar-refractivity contribution in [3.05, 3.63) is 42.0 Å². The van der Waals surface area contributed by atoms with Crippen LogP contribution < -0.4 is 0 Å². The first kappa shape index (κ1) is 14.2. The second kappa shape index (κ2) is 6.80. The summed E-state index contributed by atoms with van der Waals surface area (Å²) in [7, 11) is 2.08. The number of hydrogen-bond acceptors (Lipinski definition) is 4. The van der Waals surface area contributed by atoms with Crippen molar-refractivity contribution in [1.82, 2.24) is 24.8 Å². The molecule has 1 aliphatic rings. The number of hydrogen-bond donors (Lipinski definition) is 1. The zero-order valence-electron chi connectivity index (χ0n) is 12.6. The van der Waals surface area contributed by atoms with Crippen molar-refractivity contribution in [3.63, 3.8) is 0 Å². The molecule has 21 heavy (non-hydrogen) atoms. The molecule has 5 heteroatoms. The van der Waals surface area contributed by atoms with E-state index in [4.69, 9.17) is 0 Å². The average Bonchev–Trinajstić information content (AvgIpc) is 3.02. The van der Waals surface area contributed by atoms with Crippen molar-refractivity contribution in [2.75, 3.05) is 7.05 Å². The molecule has 2 aromatic rings. The largest absolute Gasteiger partial charge is 0.348 e. The molecular weight excluding hydrogens is 262 g/mol. The number of rotatable bonds is 5. The van der Waals surface area contributed by atoms with Gasteiger partial charge in [-0.05, 0) is 19.9 Å². The Balaban J connectivity index is 1.56. The summed E-state index contributed by atoms with van der Waals surface area (Å²) in [6, 6.07) is 0.